The molecule has 0 bridgehead atoms. The van der Waals surface area contributed by atoms with E-state index in [-0.39, 0.29) is 10.0 Å². The molecule has 0 atom stereocenters. The van der Waals surface area contributed by atoms with Gasteiger partial charge in [0.05, 0.1) is 12.3 Å². The first kappa shape index (κ1) is 10.5. The van der Waals surface area contributed by atoms with Crippen LogP contribution in [0.25, 0.3) is 0 Å². The predicted octanol–water partition coefficient (Wildman–Crippen LogP) is 2.90. The number of rotatable bonds is 0. The van der Waals surface area contributed by atoms with Gasteiger partial charge in [-0.15, -0.1) is 4.31 Å². The van der Waals surface area contributed by atoms with Crippen molar-refractivity contribution in [3.05, 3.63) is 29.8 Å². The van der Waals surface area contributed by atoms with E-state index < -0.39 is 12.8 Å². The lowest BCUT2D eigenvalue weighted by molar-refractivity contribution is -0.202. The Hall–Kier alpha value is -1.01. The zero-order chi connectivity index (χ0) is 11.1. The first-order valence-electron chi connectivity index (χ1n) is 4.17. The third kappa shape index (κ3) is 2.00. The van der Waals surface area contributed by atoms with Crippen LogP contribution in [-0.2, 0) is 0 Å². The van der Waals surface area contributed by atoms with Crippen molar-refractivity contribution >= 4 is 17.7 Å². The predicted molar refractivity (Wildman–Crippen MR) is 51.9 cm³/mol. The van der Waals surface area contributed by atoms with Crippen LogP contribution in [0.15, 0.2) is 29.2 Å². The number of alkyl halides is 3. The fourth-order valence-corrected chi connectivity index (χ4v) is 2.28. The highest BCUT2D eigenvalue weighted by atomic mass is 32.2. The van der Waals surface area contributed by atoms with Gasteiger partial charge in [0.2, 0.25) is 0 Å². The molecule has 1 aliphatic rings. The van der Waals surface area contributed by atoms with Gasteiger partial charge in [-0.2, -0.15) is 13.2 Å². The molecule has 6 heteroatoms. The maximum atomic E-state index is 12.4. The minimum Gasteiger partial charge on any atom is -0.303 e. The summed E-state index contributed by atoms with van der Waals surface area (Å²) in [6.07, 6.45) is -4.40. The van der Waals surface area contributed by atoms with Crippen LogP contribution in [0.4, 0.5) is 13.2 Å². The number of benzene rings is 1. The summed E-state index contributed by atoms with van der Waals surface area (Å²) in [5.41, 5.74) is 0.588. The molecule has 1 aromatic rings. The Balaban J connectivity index is 2.35. The molecule has 1 aliphatic heterocycles. The van der Waals surface area contributed by atoms with Crippen molar-refractivity contribution in [2.24, 2.45) is 0 Å². The molecule has 2 rings (SSSR count). The third-order valence-corrected chi connectivity index (χ3v) is 3.11. The lowest BCUT2D eigenvalue weighted by Crippen LogP contribution is -2.38. The normalized spacial score (nSPS) is 17.7. The van der Waals surface area contributed by atoms with Gasteiger partial charge in [0.15, 0.2) is 0 Å². The Morgan fingerprint density at radius 1 is 1.27 bits per heavy atom. The maximum Gasteiger partial charge on any atom is 0.470 e. The number of hydrogen-bond acceptors (Lipinski definition) is 3. The smallest absolute Gasteiger partial charge is 0.303 e. The van der Waals surface area contributed by atoms with Gasteiger partial charge in [-0.25, -0.2) is 0 Å². The van der Waals surface area contributed by atoms with Gasteiger partial charge in [-0.3, -0.25) is 0 Å². The van der Waals surface area contributed by atoms with E-state index >= 15 is 0 Å². The highest BCUT2D eigenvalue weighted by Gasteiger charge is 2.41. The molecule has 0 aliphatic carbocycles. The van der Waals surface area contributed by atoms with E-state index in [0.29, 0.717) is 22.4 Å². The Morgan fingerprint density at radius 2 is 1.93 bits per heavy atom. The average Bonchev–Trinajstić information content (AvgIpc) is 2.16. The molecule has 0 unspecified atom stereocenters. The maximum absolute atomic E-state index is 12.4. The second-order valence-electron chi connectivity index (χ2n) is 3.07. The number of hydrogen-bond donors (Lipinski definition) is 1. The molecule has 80 valence electrons. The summed E-state index contributed by atoms with van der Waals surface area (Å²) < 4.78 is 37.5. The van der Waals surface area contributed by atoms with Gasteiger partial charge in [0, 0.05) is 10.5 Å². The van der Waals surface area contributed by atoms with Crippen LogP contribution in [0.3, 0.4) is 0 Å². The molecule has 0 spiro atoms. The van der Waals surface area contributed by atoms with Gasteiger partial charge in [-0.05, 0) is 18.0 Å². The van der Waals surface area contributed by atoms with Crippen LogP contribution in [0.5, 0.6) is 0 Å². The summed E-state index contributed by atoms with van der Waals surface area (Å²) in [5.74, 6) is 0. The quantitative estimate of drug-likeness (QED) is 0.550. The third-order valence-electron chi connectivity index (χ3n) is 2.01. The molecule has 0 aromatic heterocycles. The minimum atomic E-state index is -4.40. The van der Waals surface area contributed by atoms with Crippen LogP contribution in [-0.4, -0.2) is 22.9 Å². The summed E-state index contributed by atoms with van der Waals surface area (Å²) in [5, 5.41) is 7.53. The number of fused-ring (bicyclic) bond motifs is 1. The van der Waals surface area contributed by atoms with Crippen molar-refractivity contribution in [2.75, 3.05) is 6.54 Å². The molecule has 0 amide bonds. The fourth-order valence-electron chi connectivity index (χ4n) is 1.32. The zero-order valence-corrected chi connectivity index (χ0v) is 8.32. The summed E-state index contributed by atoms with van der Waals surface area (Å²) in [6, 6.07) is 6.64. The monoisotopic (exact) mass is 232 g/mol. The largest absolute Gasteiger partial charge is 0.470 e. The molecule has 1 N–H and O–H groups in total. The van der Waals surface area contributed by atoms with Gasteiger partial charge in [0.25, 0.3) is 0 Å². The van der Waals surface area contributed by atoms with Crippen LogP contribution < -0.4 is 0 Å². The van der Waals surface area contributed by atoms with E-state index in [1.165, 1.54) is 0 Å². The molecule has 1 heterocycles. The van der Waals surface area contributed by atoms with E-state index in [0.717, 1.165) is 0 Å². The van der Waals surface area contributed by atoms with E-state index in [1.54, 1.807) is 24.3 Å². The molecule has 0 radical (unpaired) electrons. The average molecular weight is 232 g/mol. The topological polar surface area (TPSA) is 27.1 Å². The molecule has 1 aromatic carbocycles. The second-order valence-corrected chi connectivity index (χ2v) is 4.13. The standard InChI is InChI=1S/C9H7F3N2S/c10-9(11,12)14-5-7(13)6-3-1-2-4-8(6)15-14/h1-4,13H,5H2. The molecule has 0 fully saturated rings. The van der Waals surface area contributed by atoms with Gasteiger partial charge < -0.3 is 5.41 Å². The van der Waals surface area contributed by atoms with Crippen LogP contribution in [0.2, 0.25) is 0 Å². The van der Waals surface area contributed by atoms with Gasteiger partial charge >= 0.3 is 6.30 Å². The highest BCUT2D eigenvalue weighted by molar-refractivity contribution is 7.97. The number of nitrogens with zero attached hydrogens (tertiary/aromatic N) is 1. The van der Waals surface area contributed by atoms with E-state index in [1.807, 2.05) is 0 Å². The van der Waals surface area contributed by atoms with Gasteiger partial charge in [0.1, 0.15) is 0 Å². The van der Waals surface area contributed by atoms with Crippen molar-refractivity contribution in [1.82, 2.24) is 4.31 Å². The minimum absolute atomic E-state index is 0.00155. The molecular formula is C9H7F3N2S. The first-order valence-corrected chi connectivity index (χ1v) is 4.95. The van der Waals surface area contributed by atoms with E-state index in [9.17, 15) is 13.2 Å². The highest BCUT2D eigenvalue weighted by Crippen LogP contribution is 2.38. The molecule has 0 saturated carbocycles. The molecule has 15 heavy (non-hydrogen) atoms. The SMILES string of the molecule is N=C1CN(C(F)(F)F)Sc2ccccc21. The summed E-state index contributed by atoms with van der Waals surface area (Å²) >= 11 is 0.635. The summed E-state index contributed by atoms with van der Waals surface area (Å²) in [7, 11) is 0. The number of halogens is 3. The van der Waals surface area contributed by atoms with Gasteiger partial charge in [-0.1, -0.05) is 18.2 Å². The second kappa shape index (κ2) is 3.53. The van der Waals surface area contributed by atoms with E-state index in [4.69, 9.17) is 5.41 Å². The molecular weight excluding hydrogens is 225 g/mol. The Kier molecular flexibility index (Phi) is 2.47. The van der Waals surface area contributed by atoms with Crippen molar-refractivity contribution in [1.29, 1.82) is 5.41 Å². The lowest BCUT2D eigenvalue weighted by atomic mass is 10.1. The van der Waals surface area contributed by atoms with Crippen molar-refractivity contribution in [2.45, 2.75) is 11.2 Å². The van der Waals surface area contributed by atoms with Crippen molar-refractivity contribution in [3.8, 4) is 0 Å². The number of nitrogens with one attached hydrogen (secondary N) is 1. The first-order chi connectivity index (χ1) is 6.98. The van der Waals surface area contributed by atoms with Crippen LogP contribution >= 0.6 is 11.9 Å². The van der Waals surface area contributed by atoms with Crippen molar-refractivity contribution in [3.63, 3.8) is 0 Å². The Labute approximate surface area is 88.7 Å². The van der Waals surface area contributed by atoms with Crippen molar-refractivity contribution < 1.29 is 13.2 Å². The Bertz CT molecular complexity index is 403. The van der Waals surface area contributed by atoms with E-state index in [2.05, 4.69) is 0 Å². The lowest BCUT2D eigenvalue weighted by Gasteiger charge is -2.28. The fraction of sp³-hybridized carbons (Fsp3) is 0.222. The zero-order valence-electron chi connectivity index (χ0n) is 7.51. The van der Waals surface area contributed by atoms with Crippen LogP contribution in [0, 0.1) is 5.41 Å². The Morgan fingerprint density at radius 3 is 2.60 bits per heavy atom. The summed E-state index contributed by atoms with van der Waals surface area (Å²) in [6.45, 7) is -0.398. The molecule has 0 saturated heterocycles. The molecule has 2 nitrogen and oxygen atoms in total. The summed E-state index contributed by atoms with van der Waals surface area (Å²) in [4.78, 5) is 0.478. The van der Waals surface area contributed by atoms with Crippen LogP contribution in [0.1, 0.15) is 5.56 Å².